The molecule has 1 unspecified atom stereocenters. The maximum absolute atomic E-state index is 10.3. The van der Waals surface area contributed by atoms with Crippen LogP contribution in [0.3, 0.4) is 0 Å². The van der Waals surface area contributed by atoms with Crippen LogP contribution in [0.25, 0.3) is 0 Å². The molecule has 8 nitrogen and oxygen atoms in total. The molecule has 4 N–H and O–H groups in total. The fourth-order valence-corrected chi connectivity index (χ4v) is 4.00. The number of hydrogen-bond acceptors (Lipinski definition) is 8. The number of nitrogens with one attached hydrogen (secondary N) is 1. The van der Waals surface area contributed by atoms with Crippen molar-refractivity contribution in [3.8, 4) is 6.01 Å². The highest BCUT2D eigenvalue weighted by Crippen LogP contribution is 2.35. The molecular weight excluding hydrogens is 380 g/mol. The predicted octanol–water partition coefficient (Wildman–Crippen LogP) is 2.58. The number of aromatic nitrogens is 2. The van der Waals surface area contributed by atoms with Crippen LogP contribution in [0.15, 0.2) is 24.3 Å². The molecule has 1 saturated heterocycles. The highest BCUT2D eigenvalue weighted by atomic mass is 16.5. The zero-order valence-electron chi connectivity index (χ0n) is 17.7. The molecule has 0 bridgehead atoms. The van der Waals surface area contributed by atoms with Gasteiger partial charge in [-0.1, -0.05) is 37.6 Å². The number of nitrogens with two attached hydrogens (primary N) is 1. The summed E-state index contributed by atoms with van der Waals surface area (Å²) < 4.78 is 5.67. The van der Waals surface area contributed by atoms with E-state index >= 15 is 0 Å². The van der Waals surface area contributed by atoms with Gasteiger partial charge in [-0.3, -0.25) is 4.90 Å². The van der Waals surface area contributed by atoms with E-state index in [1.165, 1.54) is 31.5 Å². The van der Waals surface area contributed by atoms with Gasteiger partial charge in [-0.25, -0.2) is 0 Å². The molecule has 4 rings (SSSR count). The van der Waals surface area contributed by atoms with Crippen LogP contribution in [0.2, 0.25) is 0 Å². The molecule has 162 valence electrons. The smallest absolute Gasteiger partial charge is 0.320 e. The van der Waals surface area contributed by atoms with Crippen molar-refractivity contribution < 1.29 is 9.84 Å². The van der Waals surface area contributed by atoms with Crippen molar-refractivity contribution in [2.45, 2.75) is 51.9 Å². The monoisotopic (exact) mass is 412 g/mol. The molecule has 1 fully saturated rings. The second-order valence-corrected chi connectivity index (χ2v) is 8.13. The highest BCUT2D eigenvalue weighted by molar-refractivity contribution is 5.78. The molecule has 8 heteroatoms. The van der Waals surface area contributed by atoms with Gasteiger partial charge in [0, 0.05) is 13.1 Å². The lowest BCUT2D eigenvalue weighted by Gasteiger charge is -2.34. The third kappa shape index (κ3) is 4.94. The molecule has 0 saturated carbocycles. The van der Waals surface area contributed by atoms with Crippen LogP contribution in [-0.4, -0.2) is 52.4 Å². The lowest BCUT2D eigenvalue weighted by atomic mass is 10.1. The minimum atomic E-state index is -0.732. The molecule has 0 spiro atoms. The first-order valence-electron chi connectivity index (χ1n) is 10.9. The van der Waals surface area contributed by atoms with E-state index in [9.17, 15) is 5.11 Å². The largest absolute Gasteiger partial charge is 0.463 e. The van der Waals surface area contributed by atoms with Gasteiger partial charge < -0.3 is 25.8 Å². The first-order valence-corrected chi connectivity index (χ1v) is 10.9. The van der Waals surface area contributed by atoms with E-state index in [1.54, 1.807) is 0 Å². The lowest BCUT2D eigenvalue weighted by molar-refractivity contribution is 0.203. The van der Waals surface area contributed by atoms with Crippen molar-refractivity contribution in [3.05, 3.63) is 35.4 Å². The number of anilines is 3. The number of benzene rings is 1. The van der Waals surface area contributed by atoms with Gasteiger partial charge in [0.1, 0.15) is 11.9 Å². The topological polar surface area (TPSA) is 99.8 Å². The predicted molar refractivity (Wildman–Crippen MR) is 118 cm³/mol. The van der Waals surface area contributed by atoms with Crippen molar-refractivity contribution in [3.63, 3.8) is 0 Å². The number of β-amino-alcohol motifs (C(OH)–C–C–N with tert-alkyl or cyclic N) is 1. The standard InChI is InChI=1S/C22H32N6O2/c1-2-3-12-30-22-25-20(23)19-21(26-22)28(15-18(29)24-19)14-17-8-6-16(7-9-17)13-27-10-4-5-11-27/h6-9,18,24,29H,2-5,10-15H2,1H3,(H2,23,25,26). The lowest BCUT2D eigenvalue weighted by Crippen LogP contribution is -2.42. The Morgan fingerprint density at radius 3 is 2.53 bits per heavy atom. The Morgan fingerprint density at radius 1 is 1.13 bits per heavy atom. The Morgan fingerprint density at radius 2 is 1.83 bits per heavy atom. The Balaban J connectivity index is 1.48. The Hall–Kier alpha value is -2.58. The number of aliphatic hydroxyl groups excluding tert-OH is 1. The summed E-state index contributed by atoms with van der Waals surface area (Å²) in [6, 6.07) is 8.98. The molecule has 2 aliphatic rings. The number of fused-ring (bicyclic) bond motifs is 1. The summed E-state index contributed by atoms with van der Waals surface area (Å²) in [5, 5.41) is 13.3. The second kappa shape index (κ2) is 9.49. The summed E-state index contributed by atoms with van der Waals surface area (Å²) >= 11 is 0. The Bertz CT molecular complexity index is 838. The minimum absolute atomic E-state index is 0.281. The van der Waals surface area contributed by atoms with E-state index in [0.717, 1.165) is 24.9 Å². The summed E-state index contributed by atoms with van der Waals surface area (Å²) in [7, 11) is 0. The second-order valence-electron chi connectivity index (χ2n) is 8.13. The van der Waals surface area contributed by atoms with Crippen LogP contribution in [0.1, 0.15) is 43.7 Å². The SMILES string of the molecule is CCCCOc1nc(N)c2c(n1)N(Cc1ccc(CN3CCCC3)cc1)CC(O)N2. The fourth-order valence-electron chi connectivity index (χ4n) is 4.00. The average Bonchev–Trinajstić information content (AvgIpc) is 3.24. The molecule has 30 heavy (non-hydrogen) atoms. The number of hydrogen-bond donors (Lipinski definition) is 3. The minimum Gasteiger partial charge on any atom is -0.463 e. The number of ether oxygens (including phenoxy) is 1. The molecule has 0 amide bonds. The summed E-state index contributed by atoms with van der Waals surface area (Å²) in [5.74, 6) is 0.955. The van der Waals surface area contributed by atoms with Crippen LogP contribution in [0, 0.1) is 0 Å². The first-order chi connectivity index (χ1) is 14.6. The number of nitrogen functional groups attached to an aromatic ring is 1. The van der Waals surface area contributed by atoms with Gasteiger partial charge in [-0.2, -0.15) is 9.97 Å². The molecule has 1 aromatic heterocycles. The van der Waals surface area contributed by atoms with E-state index < -0.39 is 6.23 Å². The Labute approximate surface area is 178 Å². The summed E-state index contributed by atoms with van der Waals surface area (Å²) in [6.07, 6.45) is 3.85. The molecule has 3 heterocycles. The number of nitrogens with zero attached hydrogens (tertiary/aromatic N) is 4. The third-order valence-corrected chi connectivity index (χ3v) is 5.63. The van der Waals surface area contributed by atoms with Crippen LogP contribution >= 0.6 is 0 Å². The number of rotatable bonds is 8. The van der Waals surface area contributed by atoms with Gasteiger partial charge in [-0.05, 0) is 43.5 Å². The average molecular weight is 413 g/mol. The van der Waals surface area contributed by atoms with Crippen LogP contribution < -0.4 is 20.7 Å². The van der Waals surface area contributed by atoms with Crippen molar-refractivity contribution in [1.82, 2.24) is 14.9 Å². The first kappa shape index (κ1) is 20.7. The van der Waals surface area contributed by atoms with E-state index in [2.05, 4.69) is 51.4 Å². The van der Waals surface area contributed by atoms with Gasteiger partial charge in [0.15, 0.2) is 11.6 Å². The molecule has 2 aromatic rings. The maximum Gasteiger partial charge on any atom is 0.320 e. The van der Waals surface area contributed by atoms with Crippen LogP contribution in [0.5, 0.6) is 6.01 Å². The highest BCUT2D eigenvalue weighted by Gasteiger charge is 2.27. The van der Waals surface area contributed by atoms with Gasteiger partial charge in [0.2, 0.25) is 0 Å². The molecule has 0 radical (unpaired) electrons. The fraction of sp³-hybridized carbons (Fsp3) is 0.545. The molecule has 2 aliphatic heterocycles. The van der Waals surface area contributed by atoms with Gasteiger partial charge in [-0.15, -0.1) is 0 Å². The van der Waals surface area contributed by atoms with Crippen LogP contribution in [0.4, 0.5) is 17.3 Å². The van der Waals surface area contributed by atoms with Gasteiger partial charge >= 0.3 is 6.01 Å². The van der Waals surface area contributed by atoms with Crippen molar-refractivity contribution in [2.24, 2.45) is 0 Å². The van der Waals surface area contributed by atoms with Crippen molar-refractivity contribution in [1.29, 1.82) is 0 Å². The zero-order valence-corrected chi connectivity index (χ0v) is 17.7. The van der Waals surface area contributed by atoms with E-state index in [4.69, 9.17) is 10.5 Å². The molecular formula is C22H32N6O2. The summed E-state index contributed by atoms with van der Waals surface area (Å²) in [5.41, 5.74) is 9.17. The maximum atomic E-state index is 10.3. The van der Waals surface area contributed by atoms with E-state index in [1.807, 2.05) is 4.90 Å². The number of likely N-dealkylation sites (tertiary alicyclic amines) is 1. The van der Waals surface area contributed by atoms with Crippen molar-refractivity contribution in [2.75, 3.05) is 42.2 Å². The molecule has 1 atom stereocenters. The van der Waals surface area contributed by atoms with Gasteiger partial charge in [0.05, 0.1) is 13.2 Å². The number of unbranched alkanes of at least 4 members (excludes halogenated alkanes) is 1. The van der Waals surface area contributed by atoms with Crippen molar-refractivity contribution >= 4 is 17.3 Å². The molecule has 0 aliphatic carbocycles. The van der Waals surface area contributed by atoms with E-state index in [-0.39, 0.29) is 11.8 Å². The van der Waals surface area contributed by atoms with E-state index in [0.29, 0.717) is 31.2 Å². The summed E-state index contributed by atoms with van der Waals surface area (Å²) in [4.78, 5) is 13.3. The quantitative estimate of drug-likeness (QED) is 0.569. The van der Waals surface area contributed by atoms with Gasteiger partial charge in [0.25, 0.3) is 0 Å². The Kier molecular flexibility index (Phi) is 6.54. The zero-order chi connectivity index (χ0) is 20.9. The summed E-state index contributed by atoms with van der Waals surface area (Å²) in [6.45, 7) is 7.10. The van der Waals surface area contributed by atoms with Crippen LogP contribution in [-0.2, 0) is 13.1 Å². The normalized spacial score (nSPS) is 18.9. The molecule has 1 aromatic carbocycles. The number of aliphatic hydroxyl groups is 1. The third-order valence-electron chi connectivity index (χ3n) is 5.63.